The maximum absolute atomic E-state index is 14.6. The fraction of sp³-hybridized carbons (Fsp3) is 0.391. The molecule has 2 fully saturated rings. The summed E-state index contributed by atoms with van der Waals surface area (Å²) in [5.41, 5.74) is 3.10. The molecule has 0 spiro atoms. The second kappa shape index (κ2) is 8.23. The van der Waals surface area contributed by atoms with Crippen LogP contribution < -0.4 is 5.56 Å². The molecule has 1 amide bonds. The van der Waals surface area contributed by atoms with Crippen molar-refractivity contribution in [2.75, 3.05) is 39.4 Å². The third kappa shape index (κ3) is 3.85. The van der Waals surface area contributed by atoms with E-state index in [0.717, 1.165) is 18.5 Å². The predicted molar refractivity (Wildman–Crippen MR) is 113 cm³/mol. The van der Waals surface area contributed by atoms with E-state index in [1.807, 2.05) is 12.1 Å². The number of carbonyl (C=O) groups is 1. The molecule has 2 saturated heterocycles. The van der Waals surface area contributed by atoms with Gasteiger partial charge < -0.3 is 9.64 Å². The van der Waals surface area contributed by atoms with Crippen LogP contribution in [0.25, 0.3) is 10.8 Å². The van der Waals surface area contributed by atoms with Crippen molar-refractivity contribution in [2.24, 2.45) is 5.92 Å². The van der Waals surface area contributed by atoms with Crippen LogP contribution in [0.2, 0.25) is 0 Å². The minimum Gasteiger partial charge on any atom is -0.378 e. The fourth-order valence-electron chi connectivity index (χ4n) is 4.53. The second-order valence-electron chi connectivity index (χ2n) is 8.13. The van der Waals surface area contributed by atoms with Crippen molar-refractivity contribution in [3.05, 3.63) is 69.6 Å². The lowest BCUT2D eigenvalue weighted by Crippen LogP contribution is -2.59. The van der Waals surface area contributed by atoms with Crippen molar-refractivity contribution < 1.29 is 13.9 Å². The number of nitrogens with zero attached hydrogens (tertiary/aromatic N) is 3. The summed E-state index contributed by atoms with van der Waals surface area (Å²) in [6.45, 7) is 4.05. The van der Waals surface area contributed by atoms with Crippen molar-refractivity contribution in [1.82, 2.24) is 20.0 Å². The summed E-state index contributed by atoms with van der Waals surface area (Å²) in [6, 6.07) is 7.40. The third-order valence-corrected chi connectivity index (χ3v) is 6.20. The lowest BCUT2D eigenvalue weighted by molar-refractivity contribution is -0.132. The molecule has 31 heavy (non-hydrogen) atoms. The number of benzene rings is 1. The first kappa shape index (κ1) is 19.9. The summed E-state index contributed by atoms with van der Waals surface area (Å²) >= 11 is 0. The lowest BCUT2D eigenvalue weighted by atomic mass is 9.93. The number of H-pyrrole nitrogens is 1. The number of aromatic nitrogens is 2. The maximum Gasteiger partial charge on any atom is 0.272 e. The molecule has 2 aromatic rings. The quantitative estimate of drug-likeness (QED) is 0.760. The van der Waals surface area contributed by atoms with E-state index in [9.17, 15) is 14.0 Å². The Balaban J connectivity index is 1.37. The largest absolute Gasteiger partial charge is 0.378 e. The van der Waals surface area contributed by atoms with Gasteiger partial charge in [0.05, 0.1) is 35.9 Å². The summed E-state index contributed by atoms with van der Waals surface area (Å²) in [4.78, 5) is 29.2. The highest BCUT2D eigenvalue weighted by Crippen LogP contribution is 2.26. The Morgan fingerprint density at radius 3 is 2.97 bits per heavy atom. The molecule has 2 aliphatic heterocycles. The first-order valence-electron chi connectivity index (χ1n) is 10.5. The van der Waals surface area contributed by atoms with Crippen LogP contribution in [0.3, 0.4) is 0 Å². The van der Waals surface area contributed by atoms with Gasteiger partial charge in [-0.2, -0.15) is 9.49 Å². The van der Waals surface area contributed by atoms with E-state index < -0.39 is 5.83 Å². The van der Waals surface area contributed by atoms with Gasteiger partial charge in [-0.1, -0.05) is 30.0 Å². The maximum atomic E-state index is 14.6. The number of halogens is 1. The molecule has 1 aromatic carbocycles. The molecule has 0 radical (unpaired) electrons. The van der Waals surface area contributed by atoms with Crippen LogP contribution in [0.5, 0.6) is 0 Å². The molecule has 5 rings (SSSR count). The van der Waals surface area contributed by atoms with E-state index in [1.54, 1.807) is 29.2 Å². The molecule has 1 N–H and O–H groups in total. The summed E-state index contributed by atoms with van der Waals surface area (Å²) in [5, 5.41) is 8.03. The SMILES string of the molecule is O=C(C1=CC(Cc2n[nH]c(=O)c3ccccc23)C=C=C1F)N1CCN2CCOCC2C1. The van der Waals surface area contributed by atoms with Gasteiger partial charge in [-0.25, -0.2) is 5.10 Å². The molecule has 8 heteroatoms. The van der Waals surface area contributed by atoms with Gasteiger partial charge in [0.1, 0.15) is 0 Å². The summed E-state index contributed by atoms with van der Waals surface area (Å²) < 4.78 is 20.1. The average molecular weight is 422 g/mol. The first-order chi connectivity index (χ1) is 15.1. The van der Waals surface area contributed by atoms with Gasteiger partial charge in [0, 0.05) is 43.9 Å². The molecule has 160 valence electrons. The fourth-order valence-corrected chi connectivity index (χ4v) is 4.53. The molecular formula is C23H23FN4O3. The molecule has 2 atom stereocenters. The third-order valence-electron chi connectivity index (χ3n) is 6.20. The van der Waals surface area contributed by atoms with E-state index in [2.05, 4.69) is 20.8 Å². The van der Waals surface area contributed by atoms with Crippen LogP contribution >= 0.6 is 0 Å². The van der Waals surface area contributed by atoms with Crippen LogP contribution in [0.4, 0.5) is 4.39 Å². The zero-order chi connectivity index (χ0) is 21.4. The molecule has 0 saturated carbocycles. The summed E-state index contributed by atoms with van der Waals surface area (Å²) in [7, 11) is 0. The van der Waals surface area contributed by atoms with Gasteiger partial charge in [0.2, 0.25) is 0 Å². The number of hydrogen-bond donors (Lipinski definition) is 1. The number of piperazine rings is 1. The van der Waals surface area contributed by atoms with Crippen molar-refractivity contribution in [1.29, 1.82) is 0 Å². The van der Waals surface area contributed by atoms with Crippen LogP contribution in [0.1, 0.15) is 5.69 Å². The van der Waals surface area contributed by atoms with Gasteiger partial charge in [0.25, 0.3) is 11.5 Å². The molecule has 1 aliphatic carbocycles. The number of rotatable bonds is 3. The minimum atomic E-state index is -0.636. The normalized spacial score (nSPS) is 24.0. The summed E-state index contributed by atoms with van der Waals surface area (Å²) in [6.07, 6.45) is 3.69. The van der Waals surface area contributed by atoms with Gasteiger partial charge in [-0.05, 0) is 12.1 Å². The number of nitrogens with one attached hydrogen (secondary N) is 1. The smallest absolute Gasteiger partial charge is 0.272 e. The number of hydrogen-bond acceptors (Lipinski definition) is 5. The van der Waals surface area contributed by atoms with Crippen molar-refractivity contribution in [2.45, 2.75) is 12.5 Å². The Kier molecular flexibility index (Phi) is 5.28. The first-order valence-corrected chi connectivity index (χ1v) is 10.5. The minimum absolute atomic E-state index is 0.0476. The predicted octanol–water partition coefficient (Wildman–Crippen LogP) is 1.57. The monoisotopic (exact) mass is 422 g/mol. The highest BCUT2D eigenvalue weighted by Gasteiger charge is 2.34. The number of morpholine rings is 1. The average Bonchev–Trinajstić information content (AvgIpc) is 2.81. The standard InChI is InChI=1S/C23H23FN4O3/c24-20-6-5-15(12-21-17-3-1-2-4-18(17)22(29)26-25-21)11-19(20)23(30)28-8-7-27-9-10-31-14-16(27)13-28/h1-5,11,15-16H,7-10,12-14H2,(H,26,29). The highest BCUT2D eigenvalue weighted by atomic mass is 19.1. The highest BCUT2D eigenvalue weighted by molar-refractivity contribution is 5.97. The molecule has 3 heterocycles. The van der Waals surface area contributed by atoms with E-state index in [1.165, 1.54) is 0 Å². The second-order valence-corrected chi connectivity index (χ2v) is 8.13. The zero-order valence-electron chi connectivity index (χ0n) is 17.0. The van der Waals surface area contributed by atoms with Gasteiger partial charge in [-0.3, -0.25) is 14.5 Å². The van der Waals surface area contributed by atoms with Crippen LogP contribution in [0.15, 0.2) is 58.3 Å². The van der Waals surface area contributed by atoms with Crippen molar-refractivity contribution in [3.8, 4) is 0 Å². The Hall–Kier alpha value is -3.06. The van der Waals surface area contributed by atoms with Crippen molar-refractivity contribution >= 4 is 16.7 Å². The number of ether oxygens (including phenoxy) is 1. The molecular weight excluding hydrogens is 399 g/mol. The zero-order valence-corrected chi connectivity index (χ0v) is 17.0. The molecule has 7 nitrogen and oxygen atoms in total. The van der Waals surface area contributed by atoms with Crippen LogP contribution in [-0.2, 0) is 16.0 Å². The Morgan fingerprint density at radius 1 is 1.26 bits per heavy atom. The van der Waals surface area contributed by atoms with E-state index in [4.69, 9.17) is 4.74 Å². The Labute approximate surface area is 178 Å². The molecule has 2 unspecified atom stereocenters. The molecule has 1 aromatic heterocycles. The number of carbonyl (C=O) groups excluding carboxylic acids is 1. The Bertz CT molecular complexity index is 1180. The van der Waals surface area contributed by atoms with Gasteiger partial charge in [0.15, 0.2) is 5.83 Å². The number of fused-ring (bicyclic) bond motifs is 2. The number of allylic oxidation sites excluding steroid dienone is 1. The van der Waals surface area contributed by atoms with E-state index in [-0.39, 0.29) is 29.0 Å². The van der Waals surface area contributed by atoms with Crippen LogP contribution in [-0.4, -0.2) is 71.3 Å². The summed E-state index contributed by atoms with van der Waals surface area (Å²) in [5.74, 6) is -1.20. The van der Waals surface area contributed by atoms with Crippen molar-refractivity contribution in [3.63, 3.8) is 0 Å². The van der Waals surface area contributed by atoms with E-state index >= 15 is 0 Å². The van der Waals surface area contributed by atoms with Crippen LogP contribution in [0, 0.1) is 5.92 Å². The topological polar surface area (TPSA) is 78.5 Å². The number of aromatic amines is 1. The number of amides is 1. The lowest BCUT2D eigenvalue weighted by Gasteiger charge is -2.43. The molecule has 3 aliphatic rings. The van der Waals surface area contributed by atoms with Gasteiger partial charge >= 0.3 is 0 Å². The van der Waals surface area contributed by atoms with Gasteiger partial charge in [-0.15, -0.1) is 0 Å². The molecule has 0 bridgehead atoms. The Morgan fingerprint density at radius 2 is 2.10 bits per heavy atom. The van der Waals surface area contributed by atoms with E-state index in [0.29, 0.717) is 43.8 Å².